The Hall–Kier alpha value is -2.50. The zero-order chi connectivity index (χ0) is 14.7. The quantitative estimate of drug-likeness (QED) is 0.759. The van der Waals surface area contributed by atoms with Crippen molar-refractivity contribution in [1.82, 2.24) is 10.2 Å². The van der Waals surface area contributed by atoms with E-state index in [4.69, 9.17) is 10.5 Å². The van der Waals surface area contributed by atoms with E-state index >= 15 is 0 Å². The normalized spacial score (nSPS) is 12.1. The number of ether oxygens (including phenoxy) is 1. The molecule has 0 spiro atoms. The average Bonchev–Trinajstić information content (AvgIpc) is 2.76. The zero-order valence-electron chi connectivity index (χ0n) is 11.4. The van der Waals surface area contributed by atoms with Crippen LogP contribution in [0.3, 0.4) is 0 Å². The van der Waals surface area contributed by atoms with Gasteiger partial charge in [-0.25, -0.2) is 0 Å². The maximum atomic E-state index is 11.9. The van der Waals surface area contributed by atoms with Gasteiger partial charge in [0.2, 0.25) is 5.91 Å². The second-order valence-corrected chi connectivity index (χ2v) is 4.61. The summed E-state index contributed by atoms with van der Waals surface area (Å²) in [7, 11) is 1.58. The molecule has 106 valence electrons. The Kier molecular flexibility index (Phi) is 3.93. The molecule has 6 nitrogen and oxygen atoms in total. The van der Waals surface area contributed by atoms with E-state index in [2.05, 4.69) is 10.2 Å². The van der Waals surface area contributed by atoms with Crippen LogP contribution in [0, 0.1) is 6.92 Å². The van der Waals surface area contributed by atoms with Crippen LogP contribution in [0.25, 0.3) is 0 Å². The number of amides is 1. The molecule has 20 heavy (non-hydrogen) atoms. The first-order chi connectivity index (χ1) is 9.52. The topological polar surface area (TPSA) is 101 Å². The van der Waals surface area contributed by atoms with Gasteiger partial charge in [0.1, 0.15) is 5.75 Å². The van der Waals surface area contributed by atoms with E-state index < -0.39 is 5.91 Å². The summed E-state index contributed by atoms with van der Waals surface area (Å²) >= 11 is 0. The first-order valence-corrected chi connectivity index (χ1v) is 6.22. The van der Waals surface area contributed by atoms with Crippen LogP contribution in [0.1, 0.15) is 29.2 Å². The third kappa shape index (κ3) is 2.74. The van der Waals surface area contributed by atoms with Gasteiger partial charge in [0.05, 0.1) is 7.11 Å². The molecular formula is C14H17N3O3. The summed E-state index contributed by atoms with van der Waals surface area (Å²) < 4.78 is 5.10. The summed E-state index contributed by atoms with van der Waals surface area (Å²) in [4.78, 5) is 23.2. The number of hydrogen-bond acceptors (Lipinski definition) is 3. The van der Waals surface area contributed by atoms with E-state index in [9.17, 15) is 9.59 Å². The average molecular weight is 275 g/mol. The molecule has 0 saturated heterocycles. The second kappa shape index (κ2) is 5.64. The van der Waals surface area contributed by atoms with Crippen molar-refractivity contribution in [3.05, 3.63) is 51.4 Å². The molecule has 1 atom stereocenters. The molecule has 2 aromatic rings. The number of aryl methyl sites for hydroxylation is 1. The van der Waals surface area contributed by atoms with E-state index in [0.29, 0.717) is 17.0 Å². The van der Waals surface area contributed by atoms with Gasteiger partial charge in [-0.05, 0) is 24.6 Å². The molecule has 0 saturated carbocycles. The highest BCUT2D eigenvalue weighted by molar-refractivity contribution is 5.75. The molecule has 6 heteroatoms. The monoisotopic (exact) mass is 275 g/mol. The number of benzene rings is 1. The molecular weight excluding hydrogens is 258 g/mol. The Morgan fingerprint density at radius 1 is 1.30 bits per heavy atom. The highest BCUT2D eigenvalue weighted by atomic mass is 16.5. The summed E-state index contributed by atoms with van der Waals surface area (Å²) in [6, 6.07) is 7.25. The number of aromatic amines is 2. The fourth-order valence-electron chi connectivity index (χ4n) is 2.30. The lowest BCUT2D eigenvalue weighted by molar-refractivity contribution is -0.118. The molecule has 2 rings (SSSR count). The Morgan fingerprint density at radius 3 is 2.40 bits per heavy atom. The van der Waals surface area contributed by atoms with E-state index in [0.717, 1.165) is 5.56 Å². The van der Waals surface area contributed by atoms with Gasteiger partial charge in [0, 0.05) is 23.6 Å². The van der Waals surface area contributed by atoms with Crippen LogP contribution in [0.4, 0.5) is 0 Å². The van der Waals surface area contributed by atoms with Crippen LogP contribution in [0.5, 0.6) is 5.75 Å². The van der Waals surface area contributed by atoms with Gasteiger partial charge in [-0.2, -0.15) is 0 Å². The van der Waals surface area contributed by atoms with Crippen LogP contribution >= 0.6 is 0 Å². The molecule has 0 aliphatic rings. The van der Waals surface area contributed by atoms with Crippen molar-refractivity contribution >= 4 is 5.91 Å². The van der Waals surface area contributed by atoms with Crippen molar-refractivity contribution in [3.8, 4) is 5.75 Å². The van der Waals surface area contributed by atoms with E-state index in [1.54, 1.807) is 26.2 Å². The van der Waals surface area contributed by atoms with Crippen molar-refractivity contribution < 1.29 is 9.53 Å². The van der Waals surface area contributed by atoms with Gasteiger partial charge in [0.25, 0.3) is 5.56 Å². The minimum atomic E-state index is -0.453. The molecule has 0 bridgehead atoms. The maximum Gasteiger partial charge on any atom is 0.267 e. The Labute approximate surface area is 115 Å². The van der Waals surface area contributed by atoms with Gasteiger partial charge in [-0.1, -0.05) is 12.1 Å². The number of carbonyl (C=O) groups excluding carboxylic acids is 1. The summed E-state index contributed by atoms with van der Waals surface area (Å²) in [5.41, 5.74) is 7.16. The van der Waals surface area contributed by atoms with Gasteiger partial charge in [-0.15, -0.1) is 0 Å². The van der Waals surface area contributed by atoms with Crippen molar-refractivity contribution in [2.75, 3.05) is 7.11 Å². The van der Waals surface area contributed by atoms with Crippen LogP contribution in [-0.2, 0) is 4.79 Å². The highest BCUT2D eigenvalue weighted by Gasteiger charge is 2.23. The first kappa shape index (κ1) is 13.9. The van der Waals surface area contributed by atoms with Crippen LogP contribution < -0.4 is 16.0 Å². The van der Waals surface area contributed by atoms with Gasteiger partial charge < -0.3 is 15.6 Å². The van der Waals surface area contributed by atoms with Crippen molar-refractivity contribution in [2.45, 2.75) is 19.3 Å². The zero-order valence-corrected chi connectivity index (χ0v) is 11.4. The number of aromatic nitrogens is 2. The fourth-order valence-corrected chi connectivity index (χ4v) is 2.30. The lowest BCUT2D eigenvalue weighted by Gasteiger charge is -2.15. The molecule has 1 amide bonds. The Morgan fingerprint density at radius 2 is 1.95 bits per heavy atom. The predicted octanol–water partition coefficient (Wildman–Crippen LogP) is 1.03. The van der Waals surface area contributed by atoms with Gasteiger partial charge in [0.15, 0.2) is 0 Å². The van der Waals surface area contributed by atoms with Gasteiger partial charge in [-0.3, -0.25) is 14.7 Å². The number of methoxy groups -OCH3 is 1. The first-order valence-electron chi connectivity index (χ1n) is 6.22. The lowest BCUT2D eigenvalue weighted by atomic mass is 9.88. The van der Waals surface area contributed by atoms with E-state index in [1.165, 1.54) is 0 Å². The third-order valence-electron chi connectivity index (χ3n) is 3.28. The molecule has 0 unspecified atom stereocenters. The lowest BCUT2D eigenvalue weighted by Crippen LogP contribution is -2.20. The standard InChI is InChI=1S/C14H17N3O3/c1-8-13(14(19)17-16-8)11(7-12(15)18)9-3-5-10(20-2)6-4-9/h3-6,11H,7H2,1-2H3,(H2,15,18)(H2,16,17,19)/t11-/m0/s1. The molecule has 0 aliphatic carbocycles. The molecule has 1 heterocycles. The largest absolute Gasteiger partial charge is 0.497 e. The molecule has 4 N–H and O–H groups in total. The van der Waals surface area contributed by atoms with Crippen molar-refractivity contribution in [2.24, 2.45) is 5.73 Å². The number of primary amides is 1. The minimum absolute atomic E-state index is 0.0775. The number of nitrogens with two attached hydrogens (primary N) is 1. The Balaban J connectivity index is 2.46. The highest BCUT2D eigenvalue weighted by Crippen LogP contribution is 2.28. The summed E-state index contributed by atoms with van der Waals surface area (Å²) in [5, 5.41) is 5.29. The van der Waals surface area contributed by atoms with Crippen LogP contribution in [0.2, 0.25) is 0 Å². The molecule has 1 aromatic carbocycles. The second-order valence-electron chi connectivity index (χ2n) is 4.61. The predicted molar refractivity (Wildman–Crippen MR) is 74.8 cm³/mol. The van der Waals surface area contributed by atoms with Crippen molar-refractivity contribution in [3.63, 3.8) is 0 Å². The third-order valence-corrected chi connectivity index (χ3v) is 3.28. The SMILES string of the molecule is COc1ccc([C@H](CC(N)=O)c2c(C)[nH][nH]c2=O)cc1. The smallest absolute Gasteiger partial charge is 0.267 e. The molecule has 0 fully saturated rings. The number of hydrogen-bond donors (Lipinski definition) is 3. The number of carbonyl (C=O) groups is 1. The number of H-pyrrole nitrogens is 2. The maximum absolute atomic E-state index is 11.9. The summed E-state index contributed by atoms with van der Waals surface area (Å²) in [5.74, 6) is -0.106. The molecule has 0 radical (unpaired) electrons. The summed E-state index contributed by atoms with van der Waals surface area (Å²) in [6.07, 6.45) is 0.0775. The van der Waals surface area contributed by atoms with E-state index in [1.807, 2.05) is 12.1 Å². The van der Waals surface area contributed by atoms with Crippen LogP contribution in [-0.4, -0.2) is 23.2 Å². The number of nitrogens with one attached hydrogen (secondary N) is 2. The molecule has 1 aromatic heterocycles. The van der Waals surface area contributed by atoms with Gasteiger partial charge >= 0.3 is 0 Å². The minimum Gasteiger partial charge on any atom is -0.497 e. The fraction of sp³-hybridized carbons (Fsp3) is 0.286. The van der Waals surface area contributed by atoms with E-state index in [-0.39, 0.29) is 17.9 Å². The molecule has 0 aliphatic heterocycles. The Bertz CT molecular complexity index is 655. The summed E-state index contributed by atoms with van der Waals surface area (Å²) in [6.45, 7) is 1.78. The number of rotatable bonds is 5. The van der Waals surface area contributed by atoms with Crippen LogP contribution in [0.15, 0.2) is 29.1 Å². The van der Waals surface area contributed by atoms with Crippen molar-refractivity contribution in [1.29, 1.82) is 0 Å².